The molecule has 27 heavy (non-hydrogen) atoms. The second-order valence-corrected chi connectivity index (χ2v) is 7.68. The number of hydrogen-bond acceptors (Lipinski definition) is 4. The van der Waals surface area contributed by atoms with Crippen LogP contribution in [-0.2, 0) is 14.8 Å². The predicted octanol–water partition coefficient (Wildman–Crippen LogP) is 2.38. The maximum absolute atomic E-state index is 14.1. The highest BCUT2D eigenvalue weighted by Crippen LogP contribution is 2.21. The molecule has 0 radical (unpaired) electrons. The Morgan fingerprint density at radius 1 is 0.963 bits per heavy atom. The van der Waals surface area contributed by atoms with Crippen molar-refractivity contribution in [3.05, 3.63) is 59.4 Å². The van der Waals surface area contributed by atoms with Crippen LogP contribution in [0.25, 0.3) is 0 Å². The van der Waals surface area contributed by atoms with Crippen molar-refractivity contribution in [2.45, 2.75) is 4.90 Å². The summed E-state index contributed by atoms with van der Waals surface area (Å²) >= 11 is 0. The van der Waals surface area contributed by atoms with Gasteiger partial charge in [-0.2, -0.15) is 4.31 Å². The van der Waals surface area contributed by atoms with Gasteiger partial charge in [-0.3, -0.25) is 4.79 Å². The Hall–Kier alpha value is -2.43. The Morgan fingerprint density at radius 2 is 1.63 bits per heavy atom. The van der Waals surface area contributed by atoms with Crippen LogP contribution in [0.5, 0.6) is 0 Å². The van der Waals surface area contributed by atoms with E-state index >= 15 is 0 Å². The van der Waals surface area contributed by atoms with Crippen LogP contribution in [0.4, 0.5) is 18.9 Å². The number of amides is 1. The van der Waals surface area contributed by atoms with Crippen molar-refractivity contribution in [2.75, 3.05) is 31.6 Å². The van der Waals surface area contributed by atoms with Gasteiger partial charge in [0.2, 0.25) is 10.0 Å². The van der Waals surface area contributed by atoms with Gasteiger partial charge in [-0.15, -0.1) is 0 Å². The minimum atomic E-state index is -3.92. The van der Waals surface area contributed by atoms with Crippen molar-refractivity contribution >= 4 is 21.6 Å². The fourth-order valence-corrected chi connectivity index (χ4v) is 3.98. The van der Waals surface area contributed by atoms with E-state index in [0.717, 1.165) is 36.4 Å². The number of benzene rings is 2. The van der Waals surface area contributed by atoms with Crippen LogP contribution in [0.1, 0.15) is 10.4 Å². The largest absolute Gasteiger partial charge is 0.379 e. The smallest absolute Gasteiger partial charge is 0.258 e. The number of carbonyl (C=O) groups is 1. The van der Waals surface area contributed by atoms with Crippen molar-refractivity contribution < 1.29 is 31.1 Å². The number of anilines is 1. The third-order valence-corrected chi connectivity index (χ3v) is 5.86. The fourth-order valence-electron chi connectivity index (χ4n) is 2.55. The van der Waals surface area contributed by atoms with Gasteiger partial charge in [0.15, 0.2) is 11.6 Å². The number of sulfonamides is 1. The molecular formula is C17H15F3N2O4S. The summed E-state index contributed by atoms with van der Waals surface area (Å²) in [5.74, 6) is -4.22. The highest BCUT2D eigenvalue weighted by atomic mass is 32.2. The SMILES string of the molecule is O=C(Nc1ccc(F)c(F)c1)c1cc(S(=O)(=O)N2CCOCC2)ccc1F. The molecule has 6 nitrogen and oxygen atoms in total. The topological polar surface area (TPSA) is 75.7 Å². The first kappa shape index (κ1) is 19.3. The first-order chi connectivity index (χ1) is 12.8. The van der Waals surface area contributed by atoms with E-state index in [-0.39, 0.29) is 36.9 Å². The van der Waals surface area contributed by atoms with Crippen molar-refractivity contribution in [1.82, 2.24) is 4.31 Å². The van der Waals surface area contributed by atoms with Crippen molar-refractivity contribution in [3.63, 3.8) is 0 Å². The average Bonchev–Trinajstić information content (AvgIpc) is 2.65. The summed E-state index contributed by atoms with van der Waals surface area (Å²) in [6.07, 6.45) is 0. The molecule has 0 aromatic heterocycles. The molecule has 10 heteroatoms. The third-order valence-electron chi connectivity index (χ3n) is 3.97. The molecule has 1 heterocycles. The molecule has 2 aromatic rings. The summed E-state index contributed by atoms with van der Waals surface area (Å²) in [5.41, 5.74) is -0.631. The van der Waals surface area contributed by atoms with Gasteiger partial charge in [0.1, 0.15) is 5.82 Å². The molecule has 1 fully saturated rings. The number of halogens is 3. The first-order valence-electron chi connectivity index (χ1n) is 7.93. The van der Waals surface area contributed by atoms with Crippen molar-refractivity contribution in [3.8, 4) is 0 Å². The molecular weight excluding hydrogens is 385 g/mol. The lowest BCUT2D eigenvalue weighted by atomic mass is 10.2. The van der Waals surface area contributed by atoms with Gasteiger partial charge in [0.05, 0.1) is 23.7 Å². The molecule has 1 saturated heterocycles. The van der Waals surface area contributed by atoms with Gasteiger partial charge in [0, 0.05) is 24.8 Å². The summed E-state index contributed by atoms with van der Waals surface area (Å²) in [5, 5.41) is 2.21. The molecule has 0 aliphatic carbocycles. The van der Waals surface area contributed by atoms with Crippen LogP contribution in [-0.4, -0.2) is 44.9 Å². The van der Waals surface area contributed by atoms with Crippen LogP contribution >= 0.6 is 0 Å². The third kappa shape index (κ3) is 4.12. The second kappa shape index (κ2) is 7.67. The molecule has 3 rings (SSSR count). The first-order valence-corrected chi connectivity index (χ1v) is 9.37. The molecule has 0 bridgehead atoms. The maximum Gasteiger partial charge on any atom is 0.258 e. The van der Waals surface area contributed by atoms with E-state index < -0.39 is 38.9 Å². The van der Waals surface area contributed by atoms with Crippen LogP contribution in [0, 0.1) is 17.5 Å². The molecule has 2 aromatic carbocycles. The molecule has 0 atom stereocenters. The number of nitrogens with zero attached hydrogens (tertiary/aromatic N) is 1. The Balaban J connectivity index is 1.88. The Bertz CT molecular complexity index is 976. The van der Waals surface area contributed by atoms with Crippen LogP contribution in [0.3, 0.4) is 0 Å². The lowest BCUT2D eigenvalue weighted by molar-refractivity contribution is 0.0730. The minimum Gasteiger partial charge on any atom is -0.379 e. The van der Waals surface area contributed by atoms with E-state index in [2.05, 4.69) is 5.32 Å². The van der Waals surface area contributed by atoms with Crippen molar-refractivity contribution in [2.24, 2.45) is 0 Å². The number of nitrogens with one attached hydrogen (secondary N) is 1. The molecule has 1 N–H and O–H groups in total. The number of hydrogen-bond donors (Lipinski definition) is 1. The van der Waals surface area contributed by atoms with Gasteiger partial charge in [-0.25, -0.2) is 21.6 Å². The van der Waals surface area contributed by atoms with Crippen LogP contribution in [0.15, 0.2) is 41.3 Å². The zero-order valence-corrected chi connectivity index (χ0v) is 14.7. The number of ether oxygens (including phenoxy) is 1. The molecule has 1 amide bonds. The quantitative estimate of drug-likeness (QED) is 0.855. The highest BCUT2D eigenvalue weighted by Gasteiger charge is 2.28. The lowest BCUT2D eigenvalue weighted by Crippen LogP contribution is -2.40. The molecule has 0 unspecified atom stereocenters. The molecule has 1 aliphatic heterocycles. The number of carbonyl (C=O) groups excluding carboxylic acids is 1. The fraction of sp³-hybridized carbons (Fsp3) is 0.235. The van der Waals surface area contributed by atoms with E-state index in [4.69, 9.17) is 4.74 Å². The molecule has 0 spiro atoms. The Kier molecular flexibility index (Phi) is 5.49. The average molecular weight is 400 g/mol. The number of rotatable bonds is 4. The lowest BCUT2D eigenvalue weighted by Gasteiger charge is -2.26. The van der Waals surface area contributed by atoms with E-state index in [1.165, 1.54) is 4.31 Å². The van der Waals surface area contributed by atoms with Gasteiger partial charge >= 0.3 is 0 Å². The van der Waals surface area contributed by atoms with Gasteiger partial charge < -0.3 is 10.1 Å². The second-order valence-electron chi connectivity index (χ2n) is 5.74. The summed E-state index contributed by atoms with van der Waals surface area (Å²) in [6.45, 7) is 0.778. The monoisotopic (exact) mass is 400 g/mol. The van der Waals surface area contributed by atoms with Gasteiger partial charge in [-0.05, 0) is 30.3 Å². The van der Waals surface area contributed by atoms with Gasteiger partial charge in [-0.1, -0.05) is 0 Å². The summed E-state index contributed by atoms with van der Waals surface area (Å²) < 4.78 is 71.8. The van der Waals surface area contributed by atoms with E-state index in [1.54, 1.807) is 0 Å². The summed E-state index contributed by atoms with van der Waals surface area (Å²) in [4.78, 5) is 12.0. The van der Waals surface area contributed by atoms with Crippen LogP contribution < -0.4 is 5.32 Å². The van der Waals surface area contributed by atoms with Crippen molar-refractivity contribution in [1.29, 1.82) is 0 Å². The Morgan fingerprint density at radius 3 is 2.30 bits per heavy atom. The van der Waals surface area contributed by atoms with E-state index in [1.807, 2.05) is 0 Å². The Labute approximate surface area is 153 Å². The van der Waals surface area contributed by atoms with Crippen LogP contribution in [0.2, 0.25) is 0 Å². The normalized spacial score (nSPS) is 15.5. The summed E-state index contributed by atoms with van der Waals surface area (Å²) in [6, 6.07) is 5.49. The van der Waals surface area contributed by atoms with E-state index in [9.17, 15) is 26.4 Å². The standard InChI is InChI=1S/C17H15F3N2O4S/c18-14-4-2-12(27(24,25)22-5-7-26-8-6-22)10-13(14)17(23)21-11-1-3-15(19)16(20)9-11/h1-4,9-10H,5-8H2,(H,21,23). The minimum absolute atomic E-state index is 0.0975. The molecule has 144 valence electrons. The molecule has 1 aliphatic rings. The zero-order valence-electron chi connectivity index (χ0n) is 13.9. The van der Waals surface area contributed by atoms with Gasteiger partial charge in [0.25, 0.3) is 5.91 Å². The maximum atomic E-state index is 14.1. The zero-order chi connectivity index (χ0) is 19.6. The highest BCUT2D eigenvalue weighted by molar-refractivity contribution is 7.89. The number of morpholine rings is 1. The van der Waals surface area contributed by atoms with E-state index in [0.29, 0.717) is 0 Å². The summed E-state index contributed by atoms with van der Waals surface area (Å²) in [7, 11) is -3.92. The molecule has 0 saturated carbocycles. The predicted molar refractivity (Wildman–Crippen MR) is 90.3 cm³/mol.